The minimum atomic E-state index is 0.335. The van der Waals surface area contributed by atoms with E-state index in [1.807, 2.05) is 13.1 Å². The molecule has 7 heteroatoms. The molecule has 0 radical (unpaired) electrons. The van der Waals surface area contributed by atoms with Gasteiger partial charge in [0.25, 0.3) is 0 Å². The van der Waals surface area contributed by atoms with E-state index in [2.05, 4.69) is 36.6 Å². The Bertz CT molecular complexity index is 710. The zero-order valence-corrected chi connectivity index (χ0v) is 13.0. The molecule has 3 rings (SSSR count). The molecule has 0 aromatic carbocycles. The number of aromatic nitrogens is 3. The van der Waals surface area contributed by atoms with E-state index in [9.17, 15) is 0 Å². The van der Waals surface area contributed by atoms with Gasteiger partial charge in [-0.3, -0.25) is 4.98 Å². The van der Waals surface area contributed by atoms with Gasteiger partial charge in [0.1, 0.15) is 24.0 Å². The molecule has 0 amide bonds. The number of pyridine rings is 1. The van der Waals surface area contributed by atoms with E-state index in [0.717, 1.165) is 43.3 Å². The molecule has 3 heterocycles. The van der Waals surface area contributed by atoms with Crippen molar-refractivity contribution < 1.29 is 0 Å². The van der Waals surface area contributed by atoms with Crippen LogP contribution in [0.2, 0.25) is 0 Å². The van der Waals surface area contributed by atoms with Crippen molar-refractivity contribution in [1.82, 2.24) is 15.0 Å². The monoisotopic (exact) mass is 309 g/mol. The summed E-state index contributed by atoms with van der Waals surface area (Å²) in [6.45, 7) is 1.73. The molecule has 2 aromatic rings. The summed E-state index contributed by atoms with van der Waals surface area (Å²) in [7, 11) is 1.85. The van der Waals surface area contributed by atoms with Gasteiger partial charge in [-0.2, -0.15) is 5.26 Å². The van der Waals surface area contributed by atoms with Crippen LogP contribution in [0.5, 0.6) is 0 Å². The Morgan fingerprint density at radius 3 is 3.17 bits per heavy atom. The fourth-order valence-corrected chi connectivity index (χ4v) is 2.85. The molecule has 1 fully saturated rings. The SMILES string of the molecule is CNc1cc(N2CCCC2CNc2cnccc2C#N)ncn1. The summed E-state index contributed by atoms with van der Waals surface area (Å²) in [4.78, 5) is 14.9. The average molecular weight is 309 g/mol. The number of nitrogens with one attached hydrogen (secondary N) is 2. The molecule has 0 spiro atoms. The van der Waals surface area contributed by atoms with Crippen LogP contribution in [0.15, 0.2) is 30.9 Å². The van der Waals surface area contributed by atoms with Crippen molar-refractivity contribution in [2.75, 3.05) is 35.7 Å². The highest BCUT2D eigenvalue weighted by atomic mass is 15.2. The Labute approximate surface area is 135 Å². The van der Waals surface area contributed by atoms with Gasteiger partial charge in [-0.1, -0.05) is 0 Å². The Kier molecular flexibility index (Phi) is 4.52. The molecule has 0 aliphatic carbocycles. The number of hydrogen-bond donors (Lipinski definition) is 2. The number of hydrogen-bond acceptors (Lipinski definition) is 7. The number of anilines is 3. The summed E-state index contributed by atoms with van der Waals surface area (Å²) in [5.74, 6) is 1.74. The van der Waals surface area contributed by atoms with Crippen molar-refractivity contribution in [3.63, 3.8) is 0 Å². The maximum atomic E-state index is 9.15. The lowest BCUT2D eigenvalue weighted by Crippen LogP contribution is -2.35. The molecule has 1 unspecified atom stereocenters. The molecule has 2 aromatic heterocycles. The molecule has 7 nitrogen and oxygen atoms in total. The number of nitrogens with zero attached hydrogens (tertiary/aromatic N) is 5. The predicted molar refractivity (Wildman–Crippen MR) is 89.4 cm³/mol. The summed E-state index contributed by atoms with van der Waals surface area (Å²) in [6, 6.07) is 6.20. The Hall–Kier alpha value is -2.88. The van der Waals surface area contributed by atoms with Crippen LogP contribution in [0.4, 0.5) is 17.3 Å². The summed E-state index contributed by atoms with van der Waals surface area (Å²) in [5, 5.41) is 15.5. The molecule has 1 saturated heterocycles. The predicted octanol–water partition coefficient (Wildman–Crippen LogP) is 1.87. The molecule has 2 N–H and O–H groups in total. The summed E-state index contributed by atoms with van der Waals surface area (Å²) < 4.78 is 0. The second-order valence-corrected chi connectivity index (χ2v) is 5.41. The van der Waals surface area contributed by atoms with E-state index in [1.54, 1.807) is 24.8 Å². The van der Waals surface area contributed by atoms with Crippen LogP contribution in [-0.4, -0.2) is 41.1 Å². The molecule has 118 valence electrons. The second-order valence-electron chi connectivity index (χ2n) is 5.41. The van der Waals surface area contributed by atoms with Crippen LogP contribution in [-0.2, 0) is 0 Å². The molecule has 1 aliphatic heterocycles. The van der Waals surface area contributed by atoms with Gasteiger partial charge in [0.2, 0.25) is 0 Å². The van der Waals surface area contributed by atoms with Crippen molar-refractivity contribution >= 4 is 17.3 Å². The number of rotatable bonds is 5. The first-order valence-corrected chi connectivity index (χ1v) is 7.66. The minimum Gasteiger partial charge on any atom is -0.381 e. The van der Waals surface area contributed by atoms with Crippen LogP contribution >= 0.6 is 0 Å². The van der Waals surface area contributed by atoms with Crippen molar-refractivity contribution in [3.05, 3.63) is 36.4 Å². The van der Waals surface area contributed by atoms with Crippen molar-refractivity contribution in [1.29, 1.82) is 5.26 Å². The van der Waals surface area contributed by atoms with Gasteiger partial charge in [0.15, 0.2) is 0 Å². The summed E-state index contributed by atoms with van der Waals surface area (Å²) >= 11 is 0. The Morgan fingerprint density at radius 2 is 2.35 bits per heavy atom. The van der Waals surface area contributed by atoms with E-state index in [0.29, 0.717) is 11.6 Å². The first kappa shape index (κ1) is 15.0. The second kappa shape index (κ2) is 6.92. The Morgan fingerprint density at radius 1 is 1.43 bits per heavy atom. The first-order valence-electron chi connectivity index (χ1n) is 7.66. The van der Waals surface area contributed by atoms with Gasteiger partial charge in [0, 0.05) is 38.4 Å². The maximum absolute atomic E-state index is 9.15. The van der Waals surface area contributed by atoms with Crippen LogP contribution in [0.1, 0.15) is 18.4 Å². The van der Waals surface area contributed by atoms with E-state index < -0.39 is 0 Å². The van der Waals surface area contributed by atoms with Gasteiger partial charge in [-0.05, 0) is 18.9 Å². The van der Waals surface area contributed by atoms with Crippen LogP contribution in [0, 0.1) is 11.3 Å². The van der Waals surface area contributed by atoms with Crippen LogP contribution in [0.25, 0.3) is 0 Å². The van der Waals surface area contributed by atoms with Gasteiger partial charge >= 0.3 is 0 Å². The standard InChI is InChI=1S/C16H19N7/c1-18-15-7-16(22-11-21-15)23-6-2-3-13(23)9-20-14-10-19-5-4-12(14)8-17/h4-5,7,10-11,13,20H,2-3,6,9H2,1H3,(H,18,21,22). The molecule has 1 atom stereocenters. The molecule has 0 saturated carbocycles. The highest BCUT2D eigenvalue weighted by Gasteiger charge is 2.26. The van der Waals surface area contributed by atoms with E-state index in [-0.39, 0.29) is 0 Å². The average Bonchev–Trinajstić information content (AvgIpc) is 3.08. The fourth-order valence-electron chi connectivity index (χ4n) is 2.85. The van der Waals surface area contributed by atoms with Gasteiger partial charge in [-0.25, -0.2) is 9.97 Å². The third-order valence-electron chi connectivity index (χ3n) is 4.05. The van der Waals surface area contributed by atoms with E-state index in [1.165, 1.54) is 0 Å². The molecule has 0 bridgehead atoms. The van der Waals surface area contributed by atoms with Crippen molar-refractivity contribution in [2.24, 2.45) is 0 Å². The van der Waals surface area contributed by atoms with Crippen molar-refractivity contribution in [2.45, 2.75) is 18.9 Å². The van der Waals surface area contributed by atoms with Crippen LogP contribution < -0.4 is 15.5 Å². The summed E-state index contributed by atoms with van der Waals surface area (Å²) in [6.07, 6.45) is 7.13. The zero-order chi connectivity index (χ0) is 16.1. The minimum absolute atomic E-state index is 0.335. The topological polar surface area (TPSA) is 89.8 Å². The summed E-state index contributed by atoms with van der Waals surface area (Å²) in [5.41, 5.74) is 1.39. The van der Waals surface area contributed by atoms with Crippen molar-refractivity contribution in [3.8, 4) is 6.07 Å². The molecule has 23 heavy (non-hydrogen) atoms. The maximum Gasteiger partial charge on any atom is 0.134 e. The third-order valence-corrected chi connectivity index (χ3v) is 4.05. The number of nitriles is 1. The lowest BCUT2D eigenvalue weighted by molar-refractivity contribution is 0.690. The van der Waals surface area contributed by atoms with Gasteiger partial charge in [0.05, 0.1) is 17.4 Å². The molecular formula is C16H19N7. The smallest absolute Gasteiger partial charge is 0.134 e. The Balaban J connectivity index is 1.71. The van der Waals surface area contributed by atoms with Gasteiger partial charge in [-0.15, -0.1) is 0 Å². The lowest BCUT2D eigenvalue weighted by atomic mass is 10.2. The van der Waals surface area contributed by atoms with Crippen LogP contribution in [0.3, 0.4) is 0 Å². The third kappa shape index (κ3) is 3.31. The normalized spacial score (nSPS) is 16.9. The lowest BCUT2D eigenvalue weighted by Gasteiger charge is -2.26. The zero-order valence-electron chi connectivity index (χ0n) is 13.0. The highest BCUT2D eigenvalue weighted by molar-refractivity contribution is 5.56. The van der Waals surface area contributed by atoms with Gasteiger partial charge < -0.3 is 15.5 Å². The largest absolute Gasteiger partial charge is 0.381 e. The molecular weight excluding hydrogens is 290 g/mol. The fraction of sp³-hybridized carbons (Fsp3) is 0.375. The molecule has 1 aliphatic rings. The van der Waals surface area contributed by atoms with E-state index >= 15 is 0 Å². The van der Waals surface area contributed by atoms with E-state index in [4.69, 9.17) is 5.26 Å². The quantitative estimate of drug-likeness (QED) is 0.871. The highest BCUT2D eigenvalue weighted by Crippen LogP contribution is 2.25. The first-order chi connectivity index (χ1) is 11.3.